The van der Waals surface area contributed by atoms with Crippen LogP contribution in [0.2, 0.25) is 0 Å². The molecule has 2 amide bonds. The van der Waals surface area contributed by atoms with E-state index in [1.807, 2.05) is 34.9 Å². The first-order valence-corrected chi connectivity index (χ1v) is 9.14. The Bertz CT molecular complexity index is 979. The summed E-state index contributed by atoms with van der Waals surface area (Å²) in [4.78, 5) is 35.1. The fraction of sp³-hybridized carbons (Fsp3) is 0.316. The summed E-state index contributed by atoms with van der Waals surface area (Å²) >= 11 is 0. The number of rotatable bonds is 4. The number of amides is 2. The van der Waals surface area contributed by atoms with Crippen LogP contribution in [0.4, 0.5) is 5.82 Å². The summed E-state index contributed by atoms with van der Waals surface area (Å²) in [6.45, 7) is 1.26. The van der Waals surface area contributed by atoms with Crippen LogP contribution in [0.25, 0.3) is 0 Å². The molecule has 3 aromatic rings. The number of benzene rings is 1. The number of hydrogen-bond donors (Lipinski definition) is 1. The molecule has 1 aliphatic rings. The minimum Gasteiger partial charge on any atom is -0.337 e. The molecule has 0 aliphatic carbocycles. The van der Waals surface area contributed by atoms with Crippen LogP contribution in [0.5, 0.6) is 0 Å². The molecule has 0 saturated carbocycles. The average Bonchev–Trinajstić information content (AvgIpc) is 3.35. The number of imidazole rings is 1. The van der Waals surface area contributed by atoms with E-state index in [0.29, 0.717) is 18.8 Å². The molecule has 144 valence electrons. The van der Waals surface area contributed by atoms with Crippen molar-refractivity contribution in [1.29, 1.82) is 0 Å². The van der Waals surface area contributed by atoms with Gasteiger partial charge in [-0.1, -0.05) is 30.3 Å². The summed E-state index contributed by atoms with van der Waals surface area (Å²) in [6, 6.07) is 9.18. The van der Waals surface area contributed by atoms with E-state index < -0.39 is 11.9 Å². The maximum atomic E-state index is 12.8. The van der Waals surface area contributed by atoms with Gasteiger partial charge in [0.05, 0.1) is 19.1 Å². The molecule has 2 aromatic heterocycles. The fourth-order valence-corrected chi connectivity index (χ4v) is 3.30. The summed E-state index contributed by atoms with van der Waals surface area (Å²) in [5, 5.41) is 7.02. The molecule has 0 spiro atoms. The molecule has 0 bridgehead atoms. The SMILES string of the molecule is CN1C(=O)C(NC(=O)c2ncn(Cc3ccccc3)n2)CCCn2cncc21. The Morgan fingerprint density at radius 2 is 2.07 bits per heavy atom. The number of aryl methyl sites for hydroxylation is 1. The molecule has 1 aromatic carbocycles. The van der Waals surface area contributed by atoms with Gasteiger partial charge in [0.25, 0.3) is 5.91 Å². The van der Waals surface area contributed by atoms with Crippen LogP contribution in [0, 0.1) is 0 Å². The van der Waals surface area contributed by atoms with Crippen molar-refractivity contribution in [2.75, 3.05) is 11.9 Å². The topological polar surface area (TPSA) is 97.9 Å². The number of nitrogens with one attached hydrogen (secondary N) is 1. The van der Waals surface area contributed by atoms with Gasteiger partial charge in [-0.25, -0.2) is 14.6 Å². The molecule has 1 N–H and O–H groups in total. The van der Waals surface area contributed by atoms with Crippen LogP contribution >= 0.6 is 0 Å². The van der Waals surface area contributed by atoms with E-state index in [0.717, 1.165) is 18.5 Å². The number of hydrogen-bond acceptors (Lipinski definition) is 5. The highest BCUT2D eigenvalue weighted by atomic mass is 16.2. The van der Waals surface area contributed by atoms with Crippen LogP contribution in [0.1, 0.15) is 29.0 Å². The van der Waals surface area contributed by atoms with E-state index in [9.17, 15) is 9.59 Å². The predicted octanol–water partition coefficient (Wildman–Crippen LogP) is 1.08. The zero-order valence-electron chi connectivity index (χ0n) is 15.5. The molecule has 1 atom stereocenters. The van der Waals surface area contributed by atoms with Crippen LogP contribution in [0.3, 0.4) is 0 Å². The smallest absolute Gasteiger partial charge is 0.291 e. The Morgan fingerprint density at radius 1 is 1.25 bits per heavy atom. The zero-order chi connectivity index (χ0) is 19.5. The van der Waals surface area contributed by atoms with Gasteiger partial charge in [0, 0.05) is 13.6 Å². The lowest BCUT2D eigenvalue weighted by Gasteiger charge is -2.27. The van der Waals surface area contributed by atoms with Crippen LogP contribution < -0.4 is 10.2 Å². The van der Waals surface area contributed by atoms with Crippen molar-refractivity contribution in [3.8, 4) is 0 Å². The van der Waals surface area contributed by atoms with Gasteiger partial charge < -0.3 is 9.88 Å². The van der Waals surface area contributed by atoms with Crippen molar-refractivity contribution in [2.45, 2.75) is 32.0 Å². The molecule has 9 nitrogen and oxygen atoms in total. The summed E-state index contributed by atoms with van der Waals surface area (Å²) < 4.78 is 3.54. The standard InChI is InChI=1S/C19H21N7O2/c1-24-16-10-20-12-25(16)9-5-8-15(19(24)28)22-18(27)17-21-13-26(23-17)11-14-6-3-2-4-7-14/h2-4,6-7,10,12-13,15H,5,8-9,11H2,1H3,(H,22,27). The molecule has 0 fully saturated rings. The van der Waals surface area contributed by atoms with Gasteiger partial charge in [-0.15, -0.1) is 5.10 Å². The molecule has 0 radical (unpaired) electrons. The second-order valence-electron chi connectivity index (χ2n) is 6.76. The highest BCUT2D eigenvalue weighted by Crippen LogP contribution is 2.19. The van der Waals surface area contributed by atoms with Gasteiger partial charge in [0.2, 0.25) is 11.7 Å². The van der Waals surface area contributed by atoms with Gasteiger partial charge >= 0.3 is 0 Å². The normalized spacial score (nSPS) is 17.0. The number of nitrogens with zero attached hydrogens (tertiary/aromatic N) is 6. The van der Waals surface area contributed by atoms with Crippen molar-refractivity contribution in [3.63, 3.8) is 0 Å². The van der Waals surface area contributed by atoms with Gasteiger partial charge in [0.1, 0.15) is 18.2 Å². The molecule has 3 heterocycles. The van der Waals surface area contributed by atoms with Crippen LogP contribution in [0.15, 0.2) is 49.2 Å². The van der Waals surface area contributed by atoms with Crippen molar-refractivity contribution in [2.24, 2.45) is 0 Å². The first-order valence-electron chi connectivity index (χ1n) is 9.14. The third-order valence-electron chi connectivity index (χ3n) is 4.79. The van der Waals surface area contributed by atoms with Crippen molar-refractivity contribution >= 4 is 17.6 Å². The number of likely N-dealkylation sites (N-methyl/N-ethyl adjacent to an activating group) is 1. The van der Waals surface area contributed by atoms with E-state index in [-0.39, 0.29) is 11.7 Å². The number of fused-ring (bicyclic) bond motifs is 1. The summed E-state index contributed by atoms with van der Waals surface area (Å²) in [7, 11) is 1.69. The third kappa shape index (κ3) is 3.64. The lowest BCUT2D eigenvalue weighted by molar-refractivity contribution is -0.120. The minimum atomic E-state index is -0.623. The summed E-state index contributed by atoms with van der Waals surface area (Å²) in [6.07, 6.45) is 6.17. The van der Waals surface area contributed by atoms with E-state index in [1.165, 1.54) is 11.2 Å². The number of carbonyl (C=O) groups is 2. The lowest BCUT2D eigenvalue weighted by atomic mass is 10.1. The molecule has 9 heteroatoms. The quantitative estimate of drug-likeness (QED) is 0.731. The Kier molecular flexibility index (Phi) is 4.88. The Hall–Kier alpha value is -3.49. The first-order chi connectivity index (χ1) is 13.6. The van der Waals surface area contributed by atoms with Crippen molar-refractivity contribution in [1.82, 2.24) is 29.6 Å². The molecule has 0 saturated heterocycles. The minimum absolute atomic E-state index is 0.0542. The zero-order valence-corrected chi connectivity index (χ0v) is 15.5. The summed E-state index contributed by atoms with van der Waals surface area (Å²) in [5.41, 5.74) is 1.06. The van der Waals surface area contributed by atoms with Gasteiger partial charge in [-0.2, -0.15) is 0 Å². The highest BCUT2D eigenvalue weighted by Gasteiger charge is 2.29. The highest BCUT2D eigenvalue weighted by molar-refractivity contribution is 6.00. The number of aromatic nitrogens is 5. The third-order valence-corrected chi connectivity index (χ3v) is 4.79. The maximum Gasteiger partial charge on any atom is 0.291 e. The van der Waals surface area contributed by atoms with Crippen LogP contribution in [-0.2, 0) is 17.9 Å². The van der Waals surface area contributed by atoms with Gasteiger partial charge in [0.15, 0.2) is 0 Å². The first kappa shape index (κ1) is 17.9. The Morgan fingerprint density at radius 3 is 2.89 bits per heavy atom. The van der Waals surface area contributed by atoms with Crippen LogP contribution in [-0.4, -0.2) is 49.2 Å². The predicted molar refractivity (Wildman–Crippen MR) is 102 cm³/mol. The number of carbonyl (C=O) groups excluding carboxylic acids is 2. The Labute approximate surface area is 162 Å². The second kappa shape index (κ2) is 7.63. The molecular formula is C19H21N7O2. The lowest BCUT2D eigenvalue weighted by Crippen LogP contribution is -2.49. The average molecular weight is 379 g/mol. The Balaban J connectivity index is 1.44. The second-order valence-corrected chi connectivity index (χ2v) is 6.76. The van der Waals surface area contributed by atoms with E-state index in [2.05, 4.69) is 20.4 Å². The van der Waals surface area contributed by atoms with Crippen molar-refractivity contribution < 1.29 is 9.59 Å². The van der Waals surface area contributed by atoms with E-state index in [1.54, 1.807) is 24.3 Å². The van der Waals surface area contributed by atoms with Gasteiger partial charge in [-0.3, -0.25) is 14.5 Å². The molecule has 28 heavy (non-hydrogen) atoms. The molecule has 4 rings (SSSR count). The molecular weight excluding hydrogens is 358 g/mol. The maximum absolute atomic E-state index is 12.8. The molecule has 1 aliphatic heterocycles. The fourth-order valence-electron chi connectivity index (χ4n) is 3.30. The number of anilines is 1. The largest absolute Gasteiger partial charge is 0.337 e. The van der Waals surface area contributed by atoms with Crippen molar-refractivity contribution in [3.05, 3.63) is 60.6 Å². The summed E-state index contributed by atoms with van der Waals surface area (Å²) in [5.74, 6) is 0.138. The van der Waals surface area contributed by atoms with E-state index in [4.69, 9.17) is 0 Å². The monoisotopic (exact) mass is 379 g/mol. The molecule has 1 unspecified atom stereocenters. The van der Waals surface area contributed by atoms with E-state index >= 15 is 0 Å². The van der Waals surface area contributed by atoms with Gasteiger partial charge in [-0.05, 0) is 18.4 Å².